The van der Waals surface area contributed by atoms with Gasteiger partial charge in [0.25, 0.3) is 0 Å². The van der Waals surface area contributed by atoms with Crippen LogP contribution in [0.25, 0.3) is 0 Å². The normalized spacial score (nSPS) is 16.2. The van der Waals surface area contributed by atoms with Gasteiger partial charge in [0.15, 0.2) is 0 Å². The van der Waals surface area contributed by atoms with E-state index in [1.54, 1.807) is 0 Å². The molecule has 2 amide bonds. The number of anilines is 1. The molecule has 0 unspecified atom stereocenters. The van der Waals surface area contributed by atoms with Crippen molar-refractivity contribution in [1.29, 1.82) is 0 Å². The van der Waals surface area contributed by atoms with Gasteiger partial charge in [-0.3, -0.25) is 14.5 Å². The lowest BCUT2D eigenvalue weighted by molar-refractivity contribution is -0.137. The smallest absolute Gasteiger partial charge is 0.379 e. The van der Waals surface area contributed by atoms with Crippen molar-refractivity contribution in [3.8, 4) is 0 Å². The molecule has 2 N–H and O–H groups in total. The number of nitrogens with one attached hydrogen (secondary N) is 2. The molecule has 1 aliphatic rings. The fraction of sp³-hybridized carbons (Fsp3) is 0.368. The van der Waals surface area contributed by atoms with E-state index in [4.69, 9.17) is 4.74 Å². The predicted octanol–water partition coefficient (Wildman–Crippen LogP) is 2.90. The molecule has 0 aliphatic carbocycles. The molecule has 2 heterocycles. The molecular weight excluding hydrogens is 407 g/mol. The summed E-state index contributed by atoms with van der Waals surface area (Å²) in [4.78, 5) is 26.5. The lowest BCUT2D eigenvalue weighted by Gasteiger charge is -2.34. The molecule has 29 heavy (non-hydrogen) atoms. The summed E-state index contributed by atoms with van der Waals surface area (Å²) in [6.07, 6.45) is -4.53. The minimum atomic E-state index is -4.53. The zero-order valence-corrected chi connectivity index (χ0v) is 16.2. The van der Waals surface area contributed by atoms with Gasteiger partial charge in [-0.15, -0.1) is 0 Å². The van der Waals surface area contributed by atoms with E-state index >= 15 is 0 Å². The molecule has 0 spiro atoms. The summed E-state index contributed by atoms with van der Waals surface area (Å²) < 4.78 is 43.7. The van der Waals surface area contributed by atoms with Crippen LogP contribution in [0.4, 0.5) is 18.9 Å². The van der Waals surface area contributed by atoms with Gasteiger partial charge in [-0.1, -0.05) is 6.07 Å². The molecule has 1 aromatic heterocycles. The van der Waals surface area contributed by atoms with E-state index in [1.165, 1.54) is 23.5 Å². The van der Waals surface area contributed by atoms with Gasteiger partial charge in [-0.25, -0.2) is 0 Å². The van der Waals surface area contributed by atoms with Crippen LogP contribution in [0.5, 0.6) is 0 Å². The summed E-state index contributed by atoms with van der Waals surface area (Å²) >= 11 is 1.54. The third kappa shape index (κ3) is 5.78. The average Bonchev–Trinajstić information content (AvgIpc) is 3.23. The average molecular weight is 427 g/mol. The Hall–Kier alpha value is -2.43. The van der Waals surface area contributed by atoms with Crippen molar-refractivity contribution in [2.45, 2.75) is 12.2 Å². The van der Waals surface area contributed by atoms with Crippen molar-refractivity contribution in [3.05, 3.63) is 52.2 Å². The first-order valence-corrected chi connectivity index (χ1v) is 9.89. The quantitative estimate of drug-likeness (QED) is 0.720. The zero-order chi connectivity index (χ0) is 20.9. The second-order valence-corrected chi connectivity index (χ2v) is 7.24. The standard InChI is InChI=1S/C19H20F3N3O3S/c20-19(21,22)14-2-1-3-15(10-14)24-18(27)17(26)23-11-16(13-4-9-29-12-13)25-5-7-28-8-6-25/h1-4,9-10,12,16H,5-8,11H2,(H,23,26)(H,24,27)/t16-/m1/s1. The Kier molecular flexibility index (Phi) is 6.88. The van der Waals surface area contributed by atoms with Crippen molar-refractivity contribution < 1.29 is 27.5 Å². The number of ether oxygens (including phenoxy) is 1. The molecule has 156 valence electrons. The van der Waals surface area contributed by atoms with Crippen molar-refractivity contribution in [2.75, 3.05) is 38.2 Å². The number of rotatable bonds is 5. The van der Waals surface area contributed by atoms with Crippen LogP contribution in [0.15, 0.2) is 41.1 Å². The van der Waals surface area contributed by atoms with Crippen LogP contribution in [0, 0.1) is 0 Å². The topological polar surface area (TPSA) is 70.7 Å². The molecule has 10 heteroatoms. The molecule has 1 aliphatic heterocycles. The molecule has 2 aromatic rings. The second-order valence-electron chi connectivity index (χ2n) is 6.46. The highest BCUT2D eigenvalue weighted by molar-refractivity contribution is 7.08. The summed E-state index contributed by atoms with van der Waals surface area (Å²) in [6.45, 7) is 2.78. The Bertz CT molecular complexity index is 837. The van der Waals surface area contributed by atoms with Crippen molar-refractivity contribution in [1.82, 2.24) is 10.2 Å². The maximum Gasteiger partial charge on any atom is 0.416 e. The summed E-state index contributed by atoms with van der Waals surface area (Å²) in [6, 6.07) is 5.98. The Morgan fingerprint density at radius 2 is 1.93 bits per heavy atom. The first-order chi connectivity index (χ1) is 13.8. The van der Waals surface area contributed by atoms with Crippen LogP contribution < -0.4 is 10.6 Å². The maximum absolute atomic E-state index is 12.8. The molecule has 6 nitrogen and oxygen atoms in total. The third-order valence-corrected chi connectivity index (χ3v) is 5.23. The summed E-state index contributed by atoms with van der Waals surface area (Å²) in [5, 5.41) is 8.71. The van der Waals surface area contributed by atoms with Crippen LogP contribution in [0.1, 0.15) is 17.2 Å². The van der Waals surface area contributed by atoms with Crippen molar-refractivity contribution in [3.63, 3.8) is 0 Å². The number of halogens is 3. The zero-order valence-electron chi connectivity index (χ0n) is 15.4. The van der Waals surface area contributed by atoms with Gasteiger partial charge in [-0.05, 0) is 40.6 Å². The third-order valence-electron chi connectivity index (χ3n) is 4.52. The highest BCUT2D eigenvalue weighted by Crippen LogP contribution is 2.30. The summed E-state index contributed by atoms with van der Waals surface area (Å²) in [5.41, 5.74) is 0.0265. The monoisotopic (exact) mass is 427 g/mol. The minimum absolute atomic E-state index is 0.0949. The Morgan fingerprint density at radius 1 is 1.17 bits per heavy atom. The minimum Gasteiger partial charge on any atom is -0.379 e. The molecule has 1 aromatic carbocycles. The van der Waals surface area contributed by atoms with Gasteiger partial charge in [0.05, 0.1) is 24.8 Å². The number of thiophene rings is 1. The van der Waals surface area contributed by atoms with Crippen LogP contribution in [-0.2, 0) is 20.5 Å². The van der Waals surface area contributed by atoms with Crippen LogP contribution in [-0.4, -0.2) is 49.6 Å². The SMILES string of the molecule is O=C(NC[C@H](c1ccsc1)N1CCOCC1)C(=O)Nc1cccc(C(F)(F)F)c1. The number of hydrogen-bond donors (Lipinski definition) is 2. The molecule has 0 saturated carbocycles. The Labute approximate surface area is 169 Å². The first-order valence-electron chi connectivity index (χ1n) is 8.95. The Balaban J connectivity index is 1.60. The number of amides is 2. The lowest BCUT2D eigenvalue weighted by atomic mass is 10.1. The van der Waals surface area contributed by atoms with E-state index < -0.39 is 23.6 Å². The molecule has 1 saturated heterocycles. The molecule has 0 bridgehead atoms. The fourth-order valence-corrected chi connectivity index (χ4v) is 3.75. The van der Waals surface area contributed by atoms with Gasteiger partial charge in [0.2, 0.25) is 0 Å². The van der Waals surface area contributed by atoms with Gasteiger partial charge >= 0.3 is 18.0 Å². The van der Waals surface area contributed by atoms with E-state index in [-0.39, 0.29) is 18.3 Å². The van der Waals surface area contributed by atoms with Gasteiger partial charge in [-0.2, -0.15) is 24.5 Å². The fourth-order valence-electron chi connectivity index (χ4n) is 3.04. The van der Waals surface area contributed by atoms with Crippen molar-refractivity contribution in [2.24, 2.45) is 0 Å². The molecule has 0 radical (unpaired) electrons. The molecule has 1 fully saturated rings. The highest BCUT2D eigenvalue weighted by atomic mass is 32.1. The van der Waals surface area contributed by atoms with E-state index in [2.05, 4.69) is 15.5 Å². The predicted molar refractivity (Wildman–Crippen MR) is 103 cm³/mol. The molecule has 3 rings (SSSR count). The van der Waals surface area contributed by atoms with Gasteiger partial charge < -0.3 is 15.4 Å². The number of alkyl halides is 3. The largest absolute Gasteiger partial charge is 0.416 e. The maximum atomic E-state index is 12.8. The van der Waals surface area contributed by atoms with E-state index in [1.807, 2.05) is 16.8 Å². The highest BCUT2D eigenvalue weighted by Gasteiger charge is 2.31. The lowest BCUT2D eigenvalue weighted by Crippen LogP contribution is -2.45. The number of carbonyl (C=O) groups is 2. The Morgan fingerprint density at radius 3 is 2.59 bits per heavy atom. The van der Waals surface area contributed by atoms with E-state index in [9.17, 15) is 22.8 Å². The van der Waals surface area contributed by atoms with E-state index in [0.717, 1.165) is 17.7 Å². The van der Waals surface area contributed by atoms with Crippen molar-refractivity contribution >= 4 is 28.8 Å². The summed E-state index contributed by atoms with van der Waals surface area (Å²) in [5.74, 6) is -1.92. The summed E-state index contributed by atoms with van der Waals surface area (Å²) in [7, 11) is 0. The molecule has 1 atom stereocenters. The van der Waals surface area contributed by atoms with Crippen LogP contribution >= 0.6 is 11.3 Å². The number of carbonyl (C=O) groups excluding carboxylic acids is 2. The van der Waals surface area contributed by atoms with Crippen LogP contribution in [0.3, 0.4) is 0 Å². The van der Waals surface area contributed by atoms with Gasteiger partial charge in [0, 0.05) is 25.3 Å². The van der Waals surface area contributed by atoms with E-state index in [0.29, 0.717) is 26.3 Å². The molecular formula is C19H20F3N3O3S. The number of morpholine rings is 1. The number of hydrogen-bond acceptors (Lipinski definition) is 5. The second kappa shape index (κ2) is 9.38. The number of benzene rings is 1. The number of nitrogens with zero attached hydrogens (tertiary/aromatic N) is 1. The van der Waals surface area contributed by atoms with Crippen LogP contribution in [0.2, 0.25) is 0 Å². The van der Waals surface area contributed by atoms with Gasteiger partial charge in [0.1, 0.15) is 0 Å². The first kappa shape index (κ1) is 21.3.